The molecule has 0 aromatic heterocycles. The Morgan fingerprint density at radius 3 is 2.42 bits per heavy atom. The lowest BCUT2D eigenvalue weighted by atomic mass is 9.41. The Kier molecular flexibility index (Phi) is 6.83. The molecule has 11 heteroatoms. The van der Waals surface area contributed by atoms with Crippen LogP contribution in [0.4, 0.5) is 0 Å². The van der Waals surface area contributed by atoms with Gasteiger partial charge < -0.3 is 49.6 Å². The minimum Gasteiger partial charge on any atom is -0.458 e. The fourth-order valence-corrected chi connectivity index (χ4v) is 9.82. The van der Waals surface area contributed by atoms with E-state index < -0.39 is 82.8 Å². The zero-order valence-corrected chi connectivity index (χ0v) is 23.0. The van der Waals surface area contributed by atoms with Crippen LogP contribution < -0.4 is 0 Å². The van der Waals surface area contributed by atoms with Gasteiger partial charge in [0.25, 0.3) is 0 Å². The lowest BCUT2D eigenvalue weighted by Crippen LogP contribution is -2.72. The van der Waals surface area contributed by atoms with E-state index in [1.54, 1.807) is 6.92 Å². The molecule has 4 saturated carbocycles. The van der Waals surface area contributed by atoms with Crippen molar-refractivity contribution in [1.82, 2.24) is 0 Å². The molecule has 6 N–H and O–H groups in total. The Morgan fingerprint density at radius 2 is 1.75 bits per heavy atom. The molecule has 4 aliphatic carbocycles. The standard InChI is InChI=1S/C29H42O11/c1-14-22(33)23(34)24(35)25(39-14)40-16-3-6-27(13-30)21-18(4-7-28(27,36)10-16)29(37)8-5-17(15-9-20(32)38-12-15)26(29,2)11-19(21)31/h9,13-14,16-19,21-25,31,33-37H,3-8,10-12H2,1-2H3/t14?,16-,17+,18?,19?,21?,22-,23?,24?,25+,26+,27-,28-,29-/m0/s1. The fourth-order valence-electron chi connectivity index (χ4n) is 9.82. The molecule has 0 bridgehead atoms. The molecule has 11 nitrogen and oxygen atoms in total. The number of ether oxygens (including phenoxy) is 3. The molecule has 6 unspecified atom stereocenters. The van der Waals surface area contributed by atoms with Crippen molar-refractivity contribution in [3.8, 4) is 0 Å². The summed E-state index contributed by atoms with van der Waals surface area (Å²) in [5, 5.41) is 66.7. The predicted molar refractivity (Wildman–Crippen MR) is 136 cm³/mol. The van der Waals surface area contributed by atoms with Crippen molar-refractivity contribution < 1.29 is 54.4 Å². The van der Waals surface area contributed by atoms with E-state index in [-0.39, 0.29) is 38.2 Å². The van der Waals surface area contributed by atoms with E-state index in [0.29, 0.717) is 25.7 Å². The van der Waals surface area contributed by atoms with Crippen LogP contribution in [-0.4, -0.2) is 104 Å². The van der Waals surface area contributed by atoms with Crippen LogP contribution in [0.2, 0.25) is 0 Å². The van der Waals surface area contributed by atoms with Crippen LogP contribution in [0.1, 0.15) is 65.2 Å². The highest BCUT2D eigenvalue weighted by Crippen LogP contribution is 2.70. The smallest absolute Gasteiger partial charge is 0.331 e. The second kappa shape index (κ2) is 9.54. The number of fused-ring (bicyclic) bond motifs is 5. The molecule has 0 amide bonds. The quantitative estimate of drug-likeness (QED) is 0.149. The maximum Gasteiger partial charge on any atom is 0.331 e. The van der Waals surface area contributed by atoms with Gasteiger partial charge in [0.05, 0.1) is 34.9 Å². The molecular formula is C29H42O11. The molecule has 6 rings (SSSR count). The molecule has 2 heterocycles. The predicted octanol–water partition coefficient (Wildman–Crippen LogP) is -0.279. The summed E-state index contributed by atoms with van der Waals surface area (Å²) in [6, 6.07) is 0. The molecule has 0 radical (unpaired) electrons. The molecule has 40 heavy (non-hydrogen) atoms. The van der Waals surface area contributed by atoms with Gasteiger partial charge in [-0.3, -0.25) is 0 Å². The minimum absolute atomic E-state index is 0.0615. The zero-order chi connectivity index (χ0) is 28.8. The van der Waals surface area contributed by atoms with Crippen molar-refractivity contribution in [3.05, 3.63) is 11.6 Å². The van der Waals surface area contributed by atoms with Gasteiger partial charge in [-0.1, -0.05) is 6.92 Å². The first kappa shape index (κ1) is 28.7. The average molecular weight is 567 g/mol. The number of aldehydes is 1. The molecule has 1 saturated heterocycles. The fraction of sp³-hybridized carbons (Fsp3) is 0.862. The maximum absolute atomic E-state index is 13.0. The molecule has 14 atom stereocenters. The highest BCUT2D eigenvalue weighted by molar-refractivity contribution is 5.85. The number of aliphatic hydroxyl groups excluding tert-OH is 4. The zero-order valence-electron chi connectivity index (χ0n) is 23.0. The molecule has 2 aliphatic heterocycles. The highest BCUT2D eigenvalue weighted by Gasteiger charge is 2.73. The average Bonchev–Trinajstić information content (AvgIpc) is 3.45. The summed E-state index contributed by atoms with van der Waals surface area (Å²) in [6.45, 7) is 3.72. The molecule has 0 aromatic carbocycles. The van der Waals surface area contributed by atoms with E-state index in [2.05, 4.69) is 0 Å². The van der Waals surface area contributed by atoms with Crippen molar-refractivity contribution in [3.63, 3.8) is 0 Å². The van der Waals surface area contributed by atoms with Crippen LogP contribution in [0.25, 0.3) is 0 Å². The molecule has 5 fully saturated rings. The summed E-state index contributed by atoms with van der Waals surface area (Å²) < 4.78 is 16.8. The Morgan fingerprint density at radius 1 is 1.00 bits per heavy atom. The van der Waals surface area contributed by atoms with Gasteiger partial charge in [0, 0.05) is 23.8 Å². The van der Waals surface area contributed by atoms with Crippen molar-refractivity contribution in [1.29, 1.82) is 0 Å². The minimum atomic E-state index is -1.51. The van der Waals surface area contributed by atoms with Gasteiger partial charge >= 0.3 is 5.97 Å². The number of hydrogen-bond donors (Lipinski definition) is 6. The van der Waals surface area contributed by atoms with Crippen LogP contribution in [-0.2, 0) is 23.8 Å². The summed E-state index contributed by atoms with van der Waals surface area (Å²) in [6.07, 6.45) is -2.87. The first-order chi connectivity index (χ1) is 18.8. The normalized spacial score (nSPS) is 56.0. The van der Waals surface area contributed by atoms with Gasteiger partial charge in [-0.15, -0.1) is 0 Å². The second-order valence-electron chi connectivity index (χ2n) is 13.6. The third-order valence-electron chi connectivity index (χ3n) is 11.9. The monoisotopic (exact) mass is 566 g/mol. The Labute approximate surface area is 233 Å². The lowest BCUT2D eigenvalue weighted by Gasteiger charge is -2.66. The van der Waals surface area contributed by atoms with Crippen molar-refractivity contribution in [2.24, 2.45) is 28.6 Å². The van der Waals surface area contributed by atoms with E-state index in [1.165, 1.54) is 6.08 Å². The van der Waals surface area contributed by atoms with Gasteiger partial charge in [0.15, 0.2) is 6.29 Å². The van der Waals surface area contributed by atoms with Crippen molar-refractivity contribution in [2.45, 2.75) is 119 Å². The Hall–Kier alpha value is -1.44. The number of aliphatic hydroxyl groups is 6. The molecule has 0 spiro atoms. The Balaban J connectivity index is 1.25. The van der Waals surface area contributed by atoms with Crippen LogP contribution >= 0.6 is 0 Å². The van der Waals surface area contributed by atoms with Crippen LogP contribution in [0.15, 0.2) is 11.6 Å². The SMILES string of the molecule is CC1O[C@H](O[C@H]2CC[C@]3(C=O)C4C(O)C[C@]5(C)[C@@H](C6=CC(=O)OC6)CC[C@]5(O)C4CC[C@]3(O)C2)C(O)C(O)[C@H]1O. The van der Waals surface area contributed by atoms with Gasteiger partial charge in [-0.05, 0) is 69.3 Å². The van der Waals surface area contributed by atoms with Gasteiger partial charge in [-0.25, -0.2) is 4.79 Å². The molecular weight excluding hydrogens is 524 g/mol. The van der Waals surface area contributed by atoms with E-state index in [9.17, 15) is 40.2 Å². The summed E-state index contributed by atoms with van der Waals surface area (Å²) in [5.74, 6) is -1.61. The number of rotatable bonds is 4. The van der Waals surface area contributed by atoms with Crippen molar-refractivity contribution in [2.75, 3.05) is 6.61 Å². The maximum atomic E-state index is 13.0. The van der Waals surface area contributed by atoms with Crippen LogP contribution in [0.5, 0.6) is 0 Å². The molecule has 6 aliphatic rings. The summed E-state index contributed by atoms with van der Waals surface area (Å²) >= 11 is 0. The van der Waals surface area contributed by atoms with Crippen LogP contribution in [0, 0.1) is 28.6 Å². The summed E-state index contributed by atoms with van der Waals surface area (Å²) in [7, 11) is 0. The first-order valence-electron chi connectivity index (χ1n) is 14.6. The number of cyclic esters (lactones) is 1. The number of esters is 1. The topological polar surface area (TPSA) is 183 Å². The van der Waals surface area contributed by atoms with E-state index >= 15 is 0 Å². The largest absolute Gasteiger partial charge is 0.458 e. The Bertz CT molecular complexity index is 1080. The third-order valence-corrected chi connectivity index (χ3v) is 11.9. The number of carbonyl (C=O) groups excluding carboxylic acids is 2. The van der Waals surface area contributed by atoms with Gasteiger partial charge in [0.2, 0.25) is 0 Å². The summed E-state index contributed by atoms with van der Waals surface area (Å²) in [5.41, 5.74) is -3.89. The van der Waals surface area contributed by atoms with E-state index in [1.807, 2.05) is 6.92 Å². The van der Waals surface area contributed by atoms with Gasteiger partial charge in [0.1, 0.15) is 31.2 Å². The number of hydrogen-bond acceptors (Lipinski definition) is 11. The van der Waals surface area contributed by atoms with Crippen molar-refractivity contribution >= 4 is 12.3 Å². The third kappa shape index (κ3) is 3.78. The summed E-state index contributed by atoms with van der Waals surface area (Å²) in [4.78, 5) is 24.8. The molecule has 224 valence electrons. The van der Waals surface area contributed by atoms with Crippen LogP contribution in [0.3, 0.4) is 0 Å². The molecule has 0 aromatic rings. The van der Waals surface area contributed by atoms with E-state index in [4.69, 9.17) is 14.2 Å². The van der Waals surface area contributed by atoms with E-state index in [0.717, 1.165) is 11.9 Å². The number of carbonyl (C=O) groups is 2. The lowest BCUT2D eigenvalue weighted by molar-refractivity contribution is -0.320. The van der Waals surface area contributed by atoms with Gasteiger partial charge in [-0.2, -0.15) is 0 Å². The highest BCUT2D eigenvalue weighted by atomic mass is 16.7. The second-order valence-corrected chi connectivity index (χ2v) is 13.6. The first-order valence-corrected chi connectivity index (χ1v) is 14.6.